The zero-order valence-electron chi connectivity index (χ0n) is 14.5. The highest BCUT2D eigenvalue weighted by molar-refractivity contribution is 9.10. The van der Waals surface area contributed by atoms with Crippen LogP contribution in [0.3, 0.4) is 0 Å². The Morgan fingerprint density at radius 1 is 1.23 bits per heavy atom. The van der Waals surface area contributed by atoms with E-state index < -0.39 is 10.0 Å². The summed E-state index contributed by atoms with van der Waals surface area (Å²) in [5.74, 6) is -0.237. The first-order chi connectivity index (χ1) is 12.3. The van der Waals surface area contributed by atoms with Crippen molar-refractivity contribution < 1.29 is 13.2 Å². The summed E-state index contributed by atoms with van der Waals surface area (Å²) in [5, 5.41) is 0. The van der Waals surface area contributed by atoms with Crippen molar-refractivity contribution in [2.24, 2.45) is 0 Å². The minimum Gasteiger partial charge on any atom is -0.311 e. The topological polar surface area (TPSA) is 66.5 Å². The third-order valence-electron chi connectivity index (χ3n) is 5.11. The molecule has 0 radical (unpaired) electrons. The lowest BCUT2D eigenvalue weighted by Crippen LogP contribution is -2.32. The second-order valence-electron chi connectivity index (χ2n) is 6.90. The minimum absolute atomic E-state index is 0.0620. The van der Waals surface area contributed by atoms with Gasteiger partial charge in [-0.05, 0) is 73.7 Å². The first-order valence-electron chi connectivity index (χ1n) is 8.55. The molecule has 0 saturated heterocycles. The number of carbonyl (C=O) groups excluding carboxylic acids is 1. The van der Waals surface area contributed by atoms with Gasteiger partial charge in [0.05, 0.1) is 16.5 Å². The summed E-state index contributed by atoms with van der Waals surface area (Å²) in [7, 11) is -3.73. The molecule has 0 bridgehead atoms. The van der Waals surface area contributed by atoms with Crippen LogP contribution in [0.5, 0.6) is 0 Å². The quantitative estimate of drug-likeness (QED) is 0.794. The maximum absolute atomic E-state index is 12.9. The number of sulfonamides is 1. The smallest absolute Gasteiger partial charge is 0.261 e. The number of benzene rings is 2. The third-order valence-corrected chi connectivity index (χ3v) is 7.36. The number of nitrogens with one attached hydrogen (secondary N) is 1. The van der Waals surface area contributed by atoms with Crippen LogP contribution in [0.4, 0.5) is 11.4 Å². The lowest BCUT2D eigenvalue weighted by Gasteiger charge is -2.26. The molecule has 0 aliphatic carbocycles. The molecule has 2 heterocycles. The van der Waals surface area contributed by atoms with Gasteiger partial charge in [0.2, 0.25) is 5.91 Å². The fourth-order valence-corrected chi connectivity index (χ4v) is 5.12. The average molecular weight is 435 g/mol. The Kier molecular flexibility index (Phi) is 4.11. The Labute approximate surface area is 161 Å². The number of nitrogens with zero attached hydrogens (tertiary/aromatic N) is 1. The molecule has 2 aliphatic rings. The Morgan fingerprint density at radius 3 is 2.73 bits per heavy atom. The molecule has 0 fully saturated rings. The van der Waals surface area contributed by atoms with Crippen molar-refractivity contribution in [1.82, 2.24) is 0 Å². The van der Waals surface area contributed by atoms with Crippen LogP contribution in [0.2, 0.25) is 0 Å². The normalized spacial score (nSPS) is 18.8. The second kappa shape index (κ2) is 6.09. The monoisotopic (exact) mass is 434 g/mol. The van der Waals surface area contributed by atoms with E-state index in [1.165, 1.54) is 0 Å². The predicted octanol–water partition coefficient (Wildman–Crippen LogP) is 3.95. The second-order valence-corrected chi connectivity index (χ2v) is 9.44. The van der Waals surface area contributed by atoms with Gasteiger partial charge in [-0.15, -0.1) is 0 Å². The Hall–Kier alpha value is -1.86. The van der Waals surface area contributed by atoms with Crippen molar-refractivity contribution in [3.05, 3.63) is 51.5 Å². The molecule has 136 valence electrons. The van der Waals surface area contributed by atoms with Gasteiger partial charge < -0.3 is 4.90 Å². The van der Waals surface area contributed by atoms with Gasteiger partial charge in [-0.25, -0.2) is 8.42 Å². The summed E-state index contributed by atoms with van der Waals surface area (Å²) in [6.45, 7) is 4.47. The Bertz CT molecular complexity index is 1030. The molecule has 0 saturated carbocycles. The maximum Gasteiger partial charge on any atom is 0.261 e. The van der Waals surface area contributed by atoms with Gasteiger partial charge in [0.15, 0.2) is 0 Å². The van der Waals surface area contributed by atoms with Crippen LogP contribution in [-0.4, -0.2) is 20.9 Å². The highest BCUT2D eigenvalue weighted by Gasteiger charge is 2.38. The van der Waals surface area contributed by atoms with Gasteiger partial charge in [0, 0.05) is 16.7 Å². The zero-order chi connectivity index (χ0) is 18.6. The predicted molar refractivity (Wildman–Crippen MR) is 105 cm³/mol. The molecule has 5 nitrogen and oxygen atoms in total. The van der Waals surface area contributed by atoms with Crippen molar-refractivity contribution in [1.29, 1.82) is 0 Å². The lowest BCUT2D eigenvalue weighted by atomic mass is 9.97. The highest BCUT2D eigenvalue weighted by Crippen LogP contribution is 2.44. The van der Waals surface area contributed by atoms with E-state index in [1.54, 1.807) is 29.2 Å². The summed E-state index contributed by atoms with van der Waals surface area (Å²) in [6, 6.07) is 8.69. The number of carbonyl (C=O) groups is 1. The first-order valence-corrected chi connectivity index (χ1v) is 10.8. The number of aryl methyl sites for hydroxylation is 2. The van der Waals surface area contributed by atoms with E-state index in [0.29, 0.717) is 12.2 Å². The van der Waals surface area contributed by atoms with Crippen molar-refractivity contribution in [2.75, 3.05) is 16.2 Å². The van der Waals surface area contributed by atoms with E-state index in [1.807, 2.05) is 19.9 Å². The summed E-state index contributed by atoms with van der Waals surface area (Å²) in [4.78, 5) is 14.5. The molecule has 4 rings (SSSR count). The molecular weight excluding hydrogens is 416 g/mol. The summed E-state index contributed by atoms with van der Waals surface area (Å²) >= 11 is 3.42. The van der Waals surface area contributed by atoms with Crippen LogP contribution < -0.4 is 9.62 Å². The van der Waals surface area contributed by atoms with Gasteiger partial charge in [0.25, 0.3) is 10.0 Å². The van der Waals surface area contributed by atoms with Crippen LogP contribution in [0.1, 0.15) is 36.0 Å². The van der Waals surface area contributed by atoms with Crippen molar-refractivity contribution in [3.63, 3.8) is 0 Å². The SMILES string of the molecule is Cc1cc(NS(=O)(=O)c2cc3c4c(c2)[C@@H](C)C(=O)N4CCC3)ccc1Br. The molecule has 7 heteroatoms. The summed E-state index contributed by atoms with van der Waals surface area (Å²) < 4.78 is 29.4. The molecule has 26 heavy (non-hydrogen) atoms. The van der Waals surface area contributed by atoms with Crippen LogP contribution >= 0.6 is 15.9 Å². The van der Waals surface area contributed by atoms with Crippen LogP contribution in [0.25, 0.3) is 0 Å². The summed E-state index contributed by atoms with van der Waals surface area (Å²) in [6.07, 6.45) is 1.65. The number of anilines is 2. The van der Waals surface area contributed by atoms with Gasteiger partial charge in [-0.1, -0.05) is 15.9 Å². The number of hydrogen-bond donors (Lipinski definition) is 1. The number of amides is 1. The highest BCUT2D eigenvalue weighted by atomic mass is 79.9. The standard InChI is InChI=1S/C19H19BrN2O3S/c1-11-8-14(5-6-17(11)20)21-26(24,25)15-9-13-4-3-7-22-18(13)16(10-15)12(2)19(22)23/h5-6,8-10,12,21H,3-4,7H2,1-2H3/t12-/m1/s1. The molecule has 2 aromatic rings. The molecule has 0 spiro atoms. The van der Waals surface area contributed by atoms with Crippen LogP contribution in [0, 0.1) is 6.92 Å². The minimum atomic E-state index is -3.73. The average Bonchev–Trinajstić information content (AvgIpc) is 2.85. The molecule has 1 N–H and O–H groups in total. The maximum atomic E-state index is 12.9. The lowest BCUT2D eigenvalue weighted by molar-refractivity contribution is -0.119. The van der Waals surface area contributed by atoms with E-state index in [-0.39, 0.29) is 16.7 Å². The zero-order valence-corrected chi connectivity index (χ0v) is 16.9. The number of rotatable bonds is 3. The third kappa shape index (κ3) is 2.74. The van der Waals surface area contributed by atoms with Gasteiger partial charge in [0.1, 0.15) is 0 Å². The van der Waals surface area contributed by atoms with Crippen molar-refractivity contribution in [3.8, 4) is 0 Å². The van der Waals surface area contributed by atoms with Gasteiger partial charge in [-0.2, -0.15) is 0 Å². The number of halogens is 1. The Morgan fingerprint density at radius 2 is 2.00 bits per heavy atom. The van der Waals surface area contributed by atoms with E-state index in [2.05, 4.69) is 20.7 Å². The molecule has 2 aliphatic heterocycles. The largest absolute Gasteiger partial charge is 0.311 e. The van der Waals surface area contributed by atoms with Gasteiger partial charge in [-0.3, -0.25) is 9.52 Å². The van der Waals surface area contributed by atoms with Crippen molar-refractivity contribution in [2.45, 2.75) is 37.5 Å². The first kappa shape index (κ1) is 17.5. The molecule has 0 aromatic heterocycles. The van der Waals surface area contributed by atoms with Crippen LogP contribution in [0.15, 0.2) is 39.7 Å². The molecule has 1 atom stereocenters. The Balaban J connectivity index is 1.76. The number of hydrogen-bond acceptors (Lipinski definition) is 3. The van der Waals surface area contributed by atoms with Gasteiger partial charge >= 0.3 is 0 Å². The van der Waals surface area contributed by atoms with E-state index in [4.69, 9.17) is 0 Å². The van der Waals surface area contributed by atoms with E-state index in [0.717, 1.165) is 39.7 Å². The molecule has 2 aromatic carbocycles. The van der Waals surface area contributed by atoms with Crippen LogP contribution in [-0.2, 0) is 21.2 Å². The van der Waals surface area contributed by atoms with E-state index in [9.17, 15) is 13.2 Å². The fourth-order valence-electron chi connectivity index (χ4n) is 3.74. The molecule has 0 unspecified atom stereocenters. The van der Waals surface area contributed by atoms with E-state index >= 15 is 0 Å². The molecule has 1 amide bonds. The summed E-state index contributed by atoms with van der Waals surface area (Å²) in [5.41, 5.74) is 4.15. The molecular formula is C19H19BrN2O3S. The fraction of sp³-hybridized carbons (Fsp3) is 0.316. The van der Waals surface area contributed by atoms with Crippen molar-refractivity contribution >= 4 is 43.2 Å².